The molecule has 3 heteroatoms. The van der Waals surface area contributed by atoms with Crippen molar-refractivity contribution in [1.29, 1.82) is 0 Å². The molecule has 11 heavy (non-hydrogen) atoms. The van der Waals surface area contributed by atoms with Crippen LogP contribution in [0.15, 0.2) is 0 Å². The minimum absolute atomic E-state index is 0.0686. The average Bonchev–Trinajstić information content (AvgIpc) is 2.05. The zero-order valence-corrected chi connectivity index (χ0v) is 6.86. The molecule has 0 aromatic heterocycles. The number of hydrogen-bond acceptors (Lipinski definition) is 3. The molecule has 0 spiro atoms. The molecule has 1 fully saturated rings. The molecule has 1 aliphatic carbocycles. The van der Waals surface area contributed by atoms with Crippen LogP contribution in [0.1, 0.15) is 19.3 Å². The molecule has 1 rings (SSSR count). The van der Waals surface area contributed by atoms with E-state index < -0.39 is 0 Å². The molecule has 1 aliphatic rings. The van der Waals surface area contributed by atoms with Gasteiger partial charge in [0.1, 0.15) is 0 Å². The maximum Gasteiger partial charge on any atom is 0.0833 e. The minimum Gasteiger partial charge on any atom is -0.396 e. The van der Waals surface area contributed by atoms with Crippen LogP contribution in [0, 0.1) is 5.92 Å². The number of hydrogen-bond donors (Lipinski definition) is 2. The van der Waals surface area contributed by atoms with Crippen LogP contribution < -0.4 is 0 Å². The fourth-order valence-electron chi connectivity index (χ4n) is 1.61. The monoisotopic (exact) mass is 160 g/mol. The maximum absolute atomic E-state index is 9.38. The summed E-state index contributed by atoms with van der Waals surface area (Å²) in [7, 11) is 1.60. The third kappa shape index (κ3) is 2.15. The number of aliphatic hydroxyl groups excluding tert-OH is 2. The largest absolute Gasteiger partial charge is 0.396 e. The van der Waals surface area contributed by atoms with Crippen molar-refractivity contribution in [3.05, 3.63) is 0 Å². The Bertz CT molecular complexity index is 116. The molecular formula is C8H16O3. The van der Waals surface area contributed by atoms with Crippen LogP contribution in [0.4, 0.5) is 0 Å². The highest BCUT2D eigenvalue weighted by molar-refractivity contribution is 4.79. The molecule has 0 saturated heterocycles. The van der Waals surface area contributed by atoms with Gasteiger partial charge in [0, 0.05) is 13.7 Å². The van der Waals surface area contributed by atoms with Gasteiger partial charge >= 0.3 is 0 Å². The van der Waals surface area contributed by atoms with Gasteiger partial charge in [-0.15, -0.1) is 0 Å². The summed E-state index contributed by atoms with van der Waals surface area (Å²) in [4.78, 5) is 0. The van der Waals surface area contributed by atoms with Gasteiger partial charge in [-0.2, -0.15) is 0 Å². The van der Waals surface area contributed by atoms with Gasteiger partial charge in [-0.3, -0.25) is 0 Å². The SMILES string of the molecule is CO[C@@H]1C[C@@H](CO)CC[C@H]1O. The fourth-order valence-corrected chi connectivity index (χ4v) is 1.61. The van der Waals surface area contributed by atoms with E-state index in [2.05, 4.69) is 0 Å². The van der Waals surface area contributed by atoms with Crippen molar-refractivity contribution >= 4 is 0 Å². The van der Waals surface area contributed by atoms with Crippen molar-refractivity contribution < 1.29 is 14.9 Å². The molecule has 0 bridgehead atoms. The number of methoxy groups -OCH3 is 1. The lowest BCUT2D eigenvalue weighted by Crippen LogP contribution is -2.36. The van der Waals surface area contributed by atoms with Gasteiger partial charge in [-0.25, -0.2) is 0 Å². The van der Waals surface area contributed by atoms with Crippen molar-refractivity contribution in [2.45, 2.75) is 31.5 Å². The van der Waals surface area contributed by atoms with Crippen LogP contribution in [0.25, 0.3) is 0 Å². The quantitative estimate of drug-likeness (QED) is 0.604. The van der Waals surface area contributed by atoms with Crippen LogP contribution in [0.3, 0.4) is 0 Å². The first-order valence-corrected chi connectivity index (χ1v) is 4.09. The van der Waals surface area contributed by atoms with E-state index >= 15 is 0 Å². The van der Waals surface area contributed by atoms with E-state index in [1.165, 1.54) is 0 Å². The van der Waals surface area contributed by atoms with E-state index in [0.29, 0.717) is 5.92 Å². The Balaban J connectivity index is 2.37. The van der Waals surface area contributed by atoms with Crippen molar-refractivity contribution in [2.75, 3.05) is 13.7 Å². The normalized spacial score (nSPS) is 39.0. The standard InChI is InChI=1S/C8H16O3/c1-11-8-4-6(5-9)2-3-7(8)10/h6-10H,2-5H2,1H3/t6-,7+,8+/m0/s1. The predicted molar refractivity (Wildman–Crippen MR) is 41.2 cm³/mol. The zero-order chi connectivity index (χ0) is 8.27. The van der Waals surface area contributed by atoms with Gasteiger partial charge in [0.15, 0.2) is 0 Å². The minimum atomic E-state index is -0.331. The van der Waals surface area contributed by atoms with Gasteiger partial charge in [0.05, 0.1) is 12.2 Å². The third-order valence-electron chi connectivity index (χ3n) is 2.43. The Labute approximate surface area is 67.0 Å². The fraction of sp³-hybridized carbons (Fsp3) is 1.00. The maximum atomic E-state index is 9.38. The van der Waals surface area contributed by atoms with E-state index in [9.17, 15) is 5.11 Å². The lowest BCUT2D eigenvalue weighted by atomic mass is 9.86. The smallest absolute Gasteiger partial charge is 0.0833 e. The summed E-state index contributed by atoms with van der Waals surface area (Å²) in [5.74, 6) is 0.323. The van der Waals surface area contributed by atoms with Gasteiger partial charge in [0.2, 0.25) is 0 Å². The third-order valence-corrected chi connectivity index (χ3v) is 2.43. The van der Waals surface area contributed by atoms with Gasteiger partial charge in [0.25, 0.3) is 0 Å². The van der Waals surface area contributed by atoms with Gasteiger partial charge < -0.3 is 14.9 Å². The molecule has 0 unspecified atom stereocenters. The Morgan fingerprint density at radius 3 is 2.73 bits per heavy atom. The summed E-state index contributed by atoms with van der Waals surface area (Å²) < 4.78 is 5.07. The van der Waals surface area contributed by atoms with Gasteiger partial charge in [-0.05, 0) is 25.2 Å². The molecular weight excluding hydrogens is 144 g/mol. The van der Waals surface area contributed by atoms with Crippen molar-refractivity contribution in [2.24, 2.45) is 5.92 Å². The summed E-state index contributed by atoms with van der Waals surface area (Å²) in [5, 5.41) is 18.2. The van der Waals surface area contributed by atoms with Crippen LogP contribution in [-0.4, -0.2) is 36.1 Å². The summed E-state index contributed by atoms with van der Waals surface area (Å²) >= 11 is 0. The molecule has 2 N–H and O–H groups in total. The summed E-state index contributed by atoms with van der Waals surface area (Å²) in [6, 6.07) is 0. The van der Waals surface area contributed by atoms with Crippen LogP contribution in [0.5, 0.6) is 0 Å². The highest BCUT2D eigenvalue weighted by atomic mass is 16.5. The van der Waals surface area contributed by atoms with E-state index in [0.717, 1.165) is 19.3 Å². The first-order valence-electron chi connectivity index (χ1n) is 4.09. The molecule has 1 saturated carbocycles. The molecule has 0 radical (unpaired) electrons. The Morgan fingerprint density at radius 1 is 1.45 bits per heavy atom. The van der Waals surface area contributed by atoms with Crippen molar-refractivity contribution in [1.82, 2.24) is 0 Å². The van der Waals surface area contributed by atoms with Gasteiger partial charge in [-0.1, -0.05) is 0 Å². The van der Waals surface area contributed by atoms with Crippen LogP contribution >= 0.6 is 0 Å². The lowest BCUT2D eigenvalue weighted by Gasteiger charge is -2.31. The Hall–Kier alpha value is -0.120. The predicted octanol–water partition coefficient (Wildman–Crippen LogP) is 0.155. The zero-order valence-electron chi connectivity index (χ0n) is 6.86. The number of aliphatic hydroxyl groups is 2. The molecule has 0 heterocycles. The molecule has 0 aliphatic heterocycles. The summed E-state index contributed by atoms with van der Waals surface area (Å²) in [5.41, 5.74) is 0. The Kier molecular flexibility index (Phi) is 3.30. The second-order valence-electron chi connectivity index (χ2n) is 3.20. The molecule has 0 aromatic rings. The average molecular weight is 160 g/mol. The second-order valence-corrected chi connectivity index (χ2v) is 3.20. The molecule has 0 aromatic carbocycles. The van der Waals surface area contributed by atoms with E-state index in [-0.39, 0.29) is 18.8 Å². The van der Waals surface area contributed by atoms with Crippen molar-refractivity contribution in [3.8, 4) is 0 Å². The molecule has 0 amide bonds. The highest BCUT2D eigenvalue weighted by Crippen LogP contribution is 2.25. The number of rotatable bonds is 2. The molecule has 3 atom stereocenters. The lowest BCUT2D eigenvalue weighted by molar-refractivity contribution is -0.0566. The van der Waals surface area contributed by atoms with Crippen LogP contribution in [-0.2, 0) is 4.74 Å². The van der Waals surface area contributed by atoms with E-state index in [1.54, 1.807) is 7.11 Å². The van der Waals surface area contributed by atoms with Crippen LogP contribution in [0.2, 0.25) is 0 Å². The first-order chi connectivity index (χ1) is 5.27. The molecule has 3 nitrogen and oxygen atoms in total. The highest BCUT2D eigenvalue weighted by Gasteiger charge is 2.28. The second kappa shape index (κ2) is 4.04. The van der Waals surface area contributed by atoms with E-state index in [4.69, 9.17) is 9.84 Å². The summed E-state index contributed by atoms with van der Waals surface area (Å²) in [6.45, 7) is 0.215. The summed E-state index contributed by atoms with van der Waals surface area (Å²) in [6.07, 6.45) is 2.05. The topological polar surface area (TPSA) is 49.7 Å². The molecule has 66 valence electrons. The van der Waals surface area contributed by atoms with Crippen molar-refractivity contribution in [3.63, 3.8) is 0 Å². The first kappa shape index (κ1) is 8.97. The number of ether oxygens (including phenoxy) is 1. The van der Waals surface area contributed by atoms with E-state index in [1.807, 2.05) is 0 Å². The Morgan fingerprint density at radius 2 is 2.18 bits per heavy atom.